The summed E-state index contributed by atoms with van der Waals surface area (Å²) in [6.45, 7) is 11.0. The fraction of sp³-hybridized carbons (Fsp3) is 0.800. The van der Waals surface area contributed by atoms with Crippen molar-refractivity contribution in [2.24, 2.45) is 7.05 Å². The Morgan fingerprint density at radius 3 is 2.60 bits per heavy atom. The average molecular weight is 343 g/mol. The predicted octanol–water partition coefficient (Wildman–Crippen LogP) is 2.85. The van der Waals surface area contributed by atoms with Gasteiger partial charge in [-0.2, -0.15) is 5.10 Å². The molecule has 0 radical (unpaired) electrons. The van der Waals surface area contributed by atoms with Crippen LogP contribution in [-0.2, 0) is 13.6 Å². The highest BCUT2D eigenvalue weighted by Gasteiger charge is 2.30. The number of aromatic nitrogens is 2. The monoisotopic (exact) mass is 342 g/mol. The second-order valence-electron chi connectivity index (χ2n) is 5.95. The van der Waals surface area contributed by atoms with Crippen molar-refractivity contribution in [3.05, 3.63) is 15.9 Å². The molecule has 114 valence electrons. The normalized spacial score (nSPS) is 20.1. The smallest absolute Gasteiger partial charge is 0.0739 e. The Balaban J connectivity index is 2.15. The number of nitrogens with zero attached hydrogens (tertiary/aromatic N) is 3. The van der Waals surface area contributed by atoms with Crippen LogP contribution in [0.3, 0.4) is 0 Å². The van der Waals surface area contributed by atoms with Crippen molar-refractivity contribution in [1.29, 1.82) is 0 Å². The van der Waals surface area contributed by atoms with Crippen LogP contribution >= 0.6 is 15.9 Å². The molecule has 1 saturated heterocycles. The van der Waals surface area contributed by atoms with Crippen LogP contribution in [0, 0.1) is 6.92 Å². The zero-order chi connectivity index (χ0) is 14.8. The third kappa shape index (κ3) is 3.26. The molecule has 0 bridgehead atoms. The van der Waals surface area contributed by atoms with Crippen LogP contribution < -0.4 is 5.32 Å². The Labute approximate surface area is 131 Å². The van der Waals surface area contributed by atoms with E-state index in [2.05, 4.69) is 52.0 Å². The predicted molar refractivity (Wildman–Crippen MR) is 86.9 cm³/mol. The lowest BCUT2D eigenvalue weighted by molar-refractivity contribution is 0.187. The van der Waals surface area contributed by atoms with Crippen molar-refractivity contribution < 1.29 is 0 Å². The first-order valence-electron chi connectivity index (χ1n) is 7.66. The van der Waals surface area contributed by atoms with Crippen molar-refractivity contribution >= 4 is 15.9 Å². The van der Waals surface area contributed by atoms with Gasteiger partial charge in [-0.05, 0) is 55.2 Å². The molecule has 0 aliphatic carbocycles. The van der Waals surface area contributed by atoms with E-state index < -0.39 is 0 Å². The zero-order valence-electron chi connectivity index (χ0n) is 13.2. The molecule has 2 heterocycles. The molecule has 0 unspecified atom stereocenters. The SMILES string of the molecule is CCC1(CC)CN(Cc2c(Br)c(C)nn2C)CCCN1. The molecule has 0 amide bonds. The highest BCUT2D eigenvalue weighted by Crippen LogP contribution is 2.25. The third-order valence-corrected chi connectivity index (χ3v) is 5.70. The molecule has 5 heteroatoms. The van der Waals surface area contributed by atoms with E-state index in [0.29, 0.717) is 0 Å². The Bertz CT molecular complexity index is 451. The molecule has 4 nitrogen and oxygen atoms in total. The molecule has 1 aliphatic heterocycles. The van der Waals surface area contributed by atoms with Gasteiger partial charge in [0.25, 0.3) is 0 Å². The number of hydrogen-bond donors (Lipinski definition) is 1. The minimum atomic E-state index is 0.274. The molecular formula is C15H27BrN4. The summed E-state index contributed by atoms with van der Waals surface area (Å²) in [5.41, 5.74) is 2.63. The van der Waals surface area contributed by atoms with Crippen molar-refractivity contribution in [2.45, 2.75) is 52.1 Å². The third-order valence-electron chi connectivity index (χ3n) is 4.67. The van der Waals surface area contributed by atoms with Gasteiger partial charge in [0.05, 0.1) is 15.9 Å². The zero-order valence-corrected chi connectivity index (χ0v) is 14.8. The Hall–Kier alpha value is -0.390. The van der Waals surface area contributed by atoms with Crippen molar-refractivity contribution in [3.63, 3.8) is 0 Å². The van der Waals surface area contributed by atoms with Gasteiger partial charge in [0.15, 0.2) is 0 Å². The standard InChI is InChI=1S/C15H27BrN4/c1-5-15(6-2)11-20(9-7-8-17-15)10-13-14(16)12(3)18-19(13)4/h17H,5-11H2,1-4H3. The van der Waals surface area contributed by atoms with Crippen LogP contribution in [0.2, 0.25) is 0 Å². The largest absolute Gasteiger partial charge is 0.310 e. The summed E-state index contributed by atoms with van der Waals surface area (Å²) in [5.74, 6) is 0. The lowest BCUT2D eigenvalue weighted by Crippen LogP contribution is -2.50. The van der Waals surface area contributed by atoms with Crippen molar-refractivity contribution in [2.75, 3.05) is 19.6 Å². The Morgan fingerprint density at radius 1 is 1.35 bits per heavy atom. The topological polar surface area (TPSA) is 33.1 Å². The van der Waals surface area contributed by atoms with Crippen molar-refractivity contribution in [1.82, 2.24) is 20.0 Å². The second kappa shape index (κ2) is 6.58. The average Bonchev–Trinajstić information content (AvgIpc) is 2.63. The van der Waals surface area contributed by atoms with Crippen LogP contribution in [0.5, 0.6) is 0 Å². The van der Waals surface area contributed by atoms with Crippen LogP contribution in [0.15, 0.2) is 4.47 Å². The van der Waals surface area contributed by atoms with Gasteiger partial charge in [-0.15, -0.1) is 0 Å². The molecular weight excluding hydrogens is 316 g/mol. The first-order chi connectivity index (χ1) is 9.51. The van der Waals surface area contributed by atoms with E-state index in [1.807, 2.05) is 11.7 Å². The van der Waals surface area contributed by atoms with Gasteiger partial charge in [0.1, 0.15) is 0 Å². The molecule has 1 aromatic rings. The summed E-state index contributed by atoms with van der Waals surface area (Å²) in [6, 6.07) is 0. The van der Waals surface area contributed by atoms with E-state index >= 15 is 0 Å². The van der Waals surface area contributed by atoms with Crippen LogP contribution in [0.4, 0.5) is 0 Å². The summed E-state index contributed by atoms with van der Waals surface area (Å²) >= 11 is 3.68. The molecule has 0 atom stereocenters. The van der Waals surface area contributed by atoms with Crippen LogP contribution in [0.1, 0.15) is 44.5 Å². The van der Waals surface area contributed by atoms with Gasteiger partial charge in [0.2, 0.25) is 0 Å². The van der Waals surface area contributed by atoms with Gasteiger partial charge in [0, 0.05) is 25.7 Å². The maximum Gasteiger partial charge on any atom is 0.0739 e. The molecule has 2 rings (SSSR count). The van der Waals surface area contributed by atoms with Gasteiger partial charge in [-0.1, -0.05) is 13.8 Å². The van der Waals surface area contributed by atoms with E-state index in [-0.39, 0.29) is 5.54 Å². The van der Waals surface area contributed by atoms with E-state index in [4.69, 9.17) is 0 Å². The molecule has 0 aromatic carbocycles. The first kappa shape index (κ1) is 16.0. The highest BCUT2D eigenvalue weighted by atomic mass is 79.9. The fourth-order valence-electron chi connectivity index (χ4n) is 3.14. The van der Waals surface area contributed by atoms with Crippen LogP contribution in [-0.4, -0.2) is 39.9 Å². The summed E-state index contributed by atoms with van der Waals surface area (Å²) in [6.07, 6.45) is 3.59. The summed E-state index contributed by atoms with van der Waals surface area (Å²) in [4.78, 5) is 2.58. The van der Waals surface area contributed by atoms with E-state index in [9.17, 15) is 0 Å². The number of rotatable bonds is 4. The highest BCUT2D eigenvalue weighted by molar-refractivity contribution is 9.10. The van der Waals surface area contributed by atoms with Gasteiger partial charge in [-0.25, -0.2) is 0 Å². The van der Waals surface area contributed by atoms with E-state index in [1.165, 1.54) is 25.0 Å². The molecule has 1 aromatic heterocycles. The molecule has 1 N–H and O–H groups in total. The quantitative estimate of drug-likeness (QED) is 0.913. The Kier molecular flexibility index (Phi) is 5.26. The molecule has 20 heavy (non-hydrogen) atoms. The molecule has 1 fully saturated rings. The van der Waals surface area contributed by atoms with E-state index in [1.54, 1.807) is 0 Å². The fourth-order valence-corrected chi connectivity index (χ4v) is 3.60. The van der Waals surface area contributed by atoms with Gasteiger partial charge < -0.3 is 5.32 Å². The first-order valence-corrected chi connectivity index (χ1v) is 8.46. The van der Waals surface area contributed by atoms with E-state index in [0.717, 1.165) is 36.3 Å². The maximum atomic E-state index is 4.50. The second-order valence-corrected chi connectivity index (χ2v) is 6.74. The summed E-state index contributed by atoms with van der Waals surface area (Å²) in [5, 5.41) is 8.27. The number of aryl methyl sites for hydroxylation is 2. The van der Waals surface area contributed by atoms with Gasteiger partial charge in [-0.3, -0.25) is 9.58 Å². The minimum Gasteiger partial charge on any atom is -0.310 e. The molecule has 1 aliphatic rings. The molecule has 0 spiro atoms. The summed E-state index contributed by atoms with van der Waals surface area (Å²) in [7, 11) is 2.04. The van der Waals surface area contributed by atoms with Gasteiger partial charge >= 0.3 is 0 Å². The van der Waals surface area contributed by atoms with Crippen molar-refractivity contribution in [3.8, 4) is 0 Å². The lowest BCUT2D eigenvalue weighted by Gasteiger charge is -2.35. The molecule has 0 saturated carbocycles. The summed E-state index contributed by atoms with van der Waals surface area (Å²) < 4.78 is 3.17. The lowest BCUT2D eigenvalue weighted by atomic mass is 9.92. The number of hydrogen-bond acceptors (Lipinski definition) is 3. The number of halogens is 1. The maximum absolute atomic E-state index is 4.50. The number of nitrogens with one attached hydrogen (secondary N) is 1. The van der Waals surface area contributed by atoms with Crippen LogP contribution in [0.25, 0.3) is 0 Å². The minimum absolute atomic E-state index is 0.274. The Morgan fingerprint density at radius 2 is 2.05 bits per heavy atom.